The molecular weight excluding hydrogens is 212 g/mol. The topological polar surface area (TPSA) is 113 Å². The first kappa shape index (κ1) is 12.4. The van der Waals surface area contributed by atoms with E-state index in [1.807, 2.05) is 5.32 Å². The molecule has 1 rings (SSSR count). The van der Waals surface area contributed by atoms with Crippen LogP contribution in [-0.2, 0) is 9.59 Å². The van der Waals surface area contributed by atoms with Gasteiger partial charge in [-0.15, -0.1) is 0 Å². The molecule has 0 radical (unpaired) electrons. The van der Waals surface area contributed by atoms with E-state index in [0.717, 1.165) is 12.8 Å². The zero-order valence-electron chi connectivity index (χ0n) is 8.91. The number of amides is 4. The molecule has 1 fully saturated rings. The molecular formula is C9H16N4O3. The van der Waals surface area contributed by atoms with Gasteiger partial charge in [0.25, 0.3) is 0 Å². The Morgan fingerprint density at radius 1 is 1.19 bits per heavy atom. The monoisotopic (exact) mass is 228 g/mol. The maximum Gasteiger partial charge on any atom is 0.318 e. The molecule has 1 aliphatic carbocycles. The van der Waals surface area contributed by atoms with Gasteiger partial charge in [-0.2, -0.15) is 0 Å². The second-order valence-corrected chi connectivity index (χ2v) is 3.68. The Hall–Kier alpha value is -1.63. The first-order valence-electron chi connectivity index (χ1n) is 5.17. The molecule has 1 saturated carbocycles. The molecule has 0 heterocycles. The van der Waals surface area contributed by atoms with E-state index in [0.29, 0.717) is 19.0 Å². The second-order valence-electron chi connectivity index (χ2n) is 3.68. The lowest BCUT2D eigenvalue weighted by Gasteiger charge is -2.04. The number of hydrogen-bond acceptors (Lipinski definition) is 4. The van der Waals surface area contributed by atoms with Crippen LogP contribution >= 0.6 is 0 Å². The maximum absolute atomic E-state index is 11.2. The van der Waals surface area contributed by atoms with Crippen LogP contribution in [0, 0.1) is 0 Å². The fraction of sp³-hybridized carbons (Fsp3) is 0.667. The van der Waals surface area contributed by atoms with Gasteiger partial charge < -0.3 is 16.4 Å². The van der Waals surface area contributed by atoms with Gasteiger partial charge in [0.2, 0.25) is 11.8 Å². The third-order valence-corrected chi connectivity index (χ3v) is 2.02. The van der Waals surface area contributed by atoms with Gasteiger partial charge in [0.1, 0.15) is 0 Å². The molecule has 0 saturated heterocycles. The first-order valence-corrected chi connectivity index (χ1v) is 5.17. The van der Waals surface area contributed by atoms with Crippen LogP contribution in [0.4, 0.5) is 4.79 Å². The van der Waals surface area contributed by atoms with Gasteiger partial charge in [0.05, 0.1) is 6.54 Å². The zero-order chi connectivity index (χ0) is 12.0. The summed E-state index contributed by atoms with van der Waals surface area (Å²) in [6.07, 6.45) is 2.43. The maximum atomic E-state index is 11.2. The van der Waals surface area contributed by atoms with Crippen molar-refractivity contribution in [2.75, 3.05) is 13.1 Å². The van der Waals surface area contributed by atoms with E-state index in [-0.39, 0.29) is 12.5 Å². The summed E-state index contributed by atoms with van der Waals surface area (Å²) >= 11 is 0. The minimum atomic E-state index is -0.877. The molecule has 5 N–H and O–H groups in total. The summed E-state index contributed by atoms with van der Waals surface area (Å²) in [5.41, 5.74) is 4.74. The van der Waals surface area contributed by atoms with E-state index in [9.17, 15) is 14.4 Å². The highest BCUT2D eigenvalue weighted by Gasteiger charge is 2.22. The van der Waals surface area contributed by atoms with Gasteiger partial charge in [-0.05, 0) is 12.8 Å². The third kappa shape index (κ3) is 5.97. The minimum absolute atomic E-state index is 0.0229. The Bertz CT molecular complexity index is 288. The van der Waals surface area contributed by atoms with Crippen LogP contribution in [0.15, 0.2) is 0 Å². The quantitative estimate of drug-likeness (QED) is 0.412. The summed E-state index contributed by atoms with van der Waals surface area (Å²) in [5, 5.41) is 7.47. The van der Waals surface area contributed by atoms with E-state index in [1.165, 1.54) is 0 Å². The molecule has 0 spiro atoms. The van der Waals surface area contributed by atoms with Gasteiger partial charge in [-0.3, -0.25) is 14.9 Å². The SMILES string of the molecule is NC(=O)NC(=O)CNCCC(=O)NC1CC1. The highest BCUT2D eigenvalue weighted by Crippen LogP contribution is 2.18. The van der Waals surface area contributed by atoms with Crippen LogP contribution in [-0.4, -0.2) is 37.0 Å². The normalized spacial score (nSPS) is 14.2. The van der Waals surface area contributed by atoms with Crippen LogP contribution < -0.4 is 21.7 Å². The summed E-state index contributed by atoms with van der Waals surface area (Å²) in [4.78, 5) is 32.4. The number of imide groups is 1. The molecule has 0 aliphatic heterocycles. The number of hydrogen-bond donors (Lipinski definition) is 4. The van der Waals surface area contributed by atoms with Crippen molar-refractivity contribution in [1.82, 2.24) is 16.0 Å². The van der Waals surface area contributed by atoms with Gasteiger partial charge in [0.15, 0.2) is 0 Å². The Kier molecular flexibility index (Phi) is 4.71. The van der Waals surface area contributed by atoms with Crippen molar-refractivity contribution >= 4 is 17.8 Å². The average Bonchev–Trinajstić information content (AvgIpc) is 2.95. The zero-order valence-corrected chi connectivity index (χ0v) is 8.91. The average molecular weight is 228 g/mol. The van der Waals surface area contributed by atoms with E-state index in [2.05, 4.69) is 10.6 Å². The molecule has 4 amide bonds. The van der Waals surface area contributed by atoms with Crippen LogP contribution in [0.5, 0.6) is 0 Å². The molecule has 1 aliphatic rings. The lowest BCUT2D eigenvalue weighted by Crippen LogP contribution is -2.41. The van der Waals surface area contributed by atoms with Crippen LogP contribution in [0.3, 0.4) is 0 Å². The van der Waals surface area contributed by atoms with Crippen molar-refractivity contribution in [3.8, 4) is 0 Å². The molecule has 0 bridgehead atoms. The van der Waals surface area contributed by atoms with E-state index >= 15 is 0 Å². The van der Waals surface area contributed by atoms with Crippen molar-refractivity contribution in [3.05, 3.63) is 0 Å². The Balaban J connectivity index is 1.95. The molecule has 0 atom stereocenters. The summed E-state index contributed by atoms with van der Waals surface area (Å²) in [7, 11) is 0. The lowest BCUT2D eigenvalue weighted by atomic mass is 10.4. The Labute approximate surface area is 93.1 Å². The van der Waals surface area contributed by atoms with Gasteiger partial charge in [-0.1, -0.05) is 0 Å². The van der Waals surface area contributed by atoms with Crippen molar-refractivity contribution in [3.63, 3.8) is 0 Å². The van der Waals surface area contributed by atoms with E-state index in [1.54, 1.807) is 0 Å². The molecule has 7 nitrogen and oxygen atoms in total. The van der Waals surface area contributed by atoms with Gasteiger partial charge >= 0.3 is 6.03 Å². The number of carbonyl (C=O) groups excluding carboxylic acids is 3. The standard InChI is InChI=1S/C9H16N4O3/c10-9(16)13-8(15)5-11-4-3-7(14)12-6-1-2-6/h6,11H,1-5H2,(H,12,14)(H3,10,13,15,16). The molecule has 16 heavy (non-hydrogen) atoms. The number of rotatable bonds is 6. The predicted molar refractivity (Wildman–Crippen MR) is 56.4 cm³/mol. The van der Waals surface area contributed by atoms with Crippen LogP contribution in [0.25, 0.3) is 0 Å². The molecule has 0 aromatic rings. The molecule has 0 aromatic carbocycles. The lowest BCUT2D eigenvalue weighted by molar-refractivity contribution is -0.122. The molecule has 0 aromatic heterocycles. The largest absolute Gasteiger partial charge is 0.353 e. The second kappa shape index (κ2) is 6.06. The Morgan fingerprint density at radius 3 is 2.44 bits per heavy atom. The number of nitrogens with one attached hydrogen (secondary N) is 3. The number of urea groups is 1. The van der Waals surface area contributed by atoms with Crippen LogP contribution in [0.2, 0.25) is 0 Å². The summed E-state index contributed by atoms with van der Waals surface area (Å²) < 4.78 is 0. The number of primary amides is 1. The van der Waals surface area contributed by atoms with Crippen molar-refractivity contribution < 1.29 is 14.4 Å². The van der Waals surface area contributed by atoms with Gasteiger partial charge in [0, 0.05) is 19.0 Å². The van der Waals surface area contributed by atoms with E-state index < -0.39 is 11.9 Å². The Morgan fingerprint density at radius 2 is 1.88 bits per heavy atom. The molecule has 90 valence electrons. The molecule has 7 heteroatoms. The van der Waals surface area contributed by atoms with Crippen molar-refractivity contribution in [2.24, 2.45) is 5.73 Å². The predicted octanol–water partition coefficient (Wildman–Crippen LogP) is -1.56. The summed E-state index contributed by atoms with van der Waals surface area (Å²) in [6.45, 7) is 0.365. The van der Waals surface area contributed by atoms with Crippen molar-refractivity contribution in [2.45, 2.75) is 25.3 Å². The number of carbonyl (C=O) groups is 3. The highest BCUT2D eigenvalue weighted by molar-refractivity contribution is 5.94. The third-order valence-electron chi connectivity index (χ3n) is 2.02. The highest BCUT2D eigenvalue weighted by atomic mass is 16.2. The summed E-state index contributed by atoms with van der Waals surface area (Å²) in [6, 6.07) is -0.524. The van der Waals surface area contributed by atoms with Gasteiger partial charge in [-0.25, -0.2) is 4.79 Å². The fourth-order valence-electron chi connectivity index (χ4n) is 1.11. The fourth-order valence-corrected chi connectivity index (χ4v) is 1.11. The summed E-state index contributed by atoms with van der Waals surface area (Å²) in [5.74, 6) is -0.527. The first-order chi connectivity index (χ1) is 7.58. The van der Waals surface area contributed by atoms with Crippen LogP contribution in [0.1, 0.15) is 19.3 Å². The minimum Gasteiger partial charge on any atom is -0.353 e. The van der Waals surface area contributed by atoms with Crippen molar-refractivity contribution in [1.29, 1.82) is 0 Å². The van der Waals surface area contributed by atoms with E-state index in [4.69, 9.17) is 5.73 Å². The molecule has 0 unspecified atom stereocenters. The smallest absolute Gasteiger partial charge is 0.318 e. The number of nitrogens with two attached hydrogens (primary N) is 1.